The first-order chi connectivity index (χ1) is 16.7. The highest BCUT2D eigenvalue weighted by Crippen LogP contribution is 2.28. The Bertz CT molecular complexity index is 1100. The topological polar surface area (TPSA) is 57.0 Å². The molecule has 0 aromatic heterocycles. The zero-order chi connectivity index (χ0) is 25.5. The number of amides is 2. The minimum absolute atomic E-state index is 0.0280. The van der Waals surface area contributed by atoms with Crippen molar-refractivity contribution < 1.29 is 9.59 Å². The van der Waals surface area contributed by atoms with Crippen LogP contribution in [0.25, 0.3) is 4.85 Å². The van der Waals surface area contributed by atoms with Crippen LogP contribution in [0.15, 0.2) is 36.4 Å². The highest BCUT2D eigenvalue weighted by atomic mass is 16.2. The van der Waals surface area contributed by atoms with E-state index in [0.29, 0.717) is 18.2 Å². The molecule has 1 N–H and O–H groups in total. The van der Waals surface area contributed by atoms with Gasteiger partial charge in [0.05, 0.1) is 19.7 Å². The number of hydrogen-bond donors (Lipinski definition) is 1. The molecule has 0 radical (unpaired) electrons. The van der Waals surface area contributed by atoms with Crippen molar-refractivity contribution in [2.24, 2.45) is 5.92 Å². The molecule has 2 amide bonds. The van der Waals surface area contributed by atoms with E-state index in [9.17, 15) is 9.59 Å². The normalized spacial score (nSPS) is 14.4. The van der Waals surface area contributed by atoms with Crippen molar-refractivity contribution in [3.05, 3.63) is 70.1 Å². The molecule has 3 rings (SSSR count). The number of nitrogens with zero attached hydrogens (tertiary/aromatic N) is 3. The summed E-state index contributed by atoms with van der Waals surface area (Å²) in [5.41, 5.74) is 6.04. The van der Waals surface area contributed by atoms with Gasteiger partial charge in [0.2, 0.25) is 11.8 Å². The van der Waals surface area contributed by atoms with Gasteiger partial charge in [0.25, 0.3) is 0 Å². The summed E-state index contributed by atoms with van der Waals surface area (Å²) in [6.07, 6.45) is 3.68. The molecule has 6 heteroatoms. The van der Waals surface area contributed by atoms with Crippen LogP contribution >= 0.6 is 0 Å². The van der Waals surface area contributed by atoms with Gasteiger partial charge < -0.3 is 15.1 Å². The van der Waals surface area contributed by atoms with Gasteiger partial charge in [0, 0.05) is 25.3 Å². The fourth-order valence-corrected chi connectivity index (χ4v) is 4.68. The molecule has 0 heterocycles. The predicted molar refractivity (Wildman–Crippen MR) is 142 cm³/mol. The first-order valence-electron chi connectivity index (χ1n) is 12.5. The number of likely N-dealkylation sites (N-methyl/N-ethyl adjacent to an activating group) is 1. The van der Waals surface area contributed by atoms with Gasteiger partial charge in [0.1, 0.15) is 0 Å². The number of hydrogen-bond acceptors (Lipinski definition) is 3. The molecule has 2 aromatic rings. The van der Waals surface area contributed by atoms with Crippen molar-refractivity contribution in [1.29, 1.82) is 0 Å². The Morgan fingerprint density at radius 3 is 2.54 bits per heavy atom. The molecule has 1 atom stereocenters. The number of carbonyl (C=O) groups is 2. The molecule has 0 aliphatic heterocycles. The van der Waals surface area contributed by atoms with E-state index in [2.05, 4.69) is 49.1 Å². The molecule has 6 nitrogen and oxygen atoms in total. The molecular formula is C29H38N4O2. The van der Waals surface area contributed by atoms with E-state index in [1.165, 1.54) is 16.7 Å². The first-order valence-corrected chi connectivity index (χ1v) is 12.5. The van der Waals surface area contributed by atoms with Crippen molar-refractivity contribution >= 4 is 23.2 Å². The maximum absolute atomic E-state index is 13.4. The minimum atomic E-state index is -0.111. The molecule has 0 bridgehead atoms. The molecule has 1 aliphatic rings. The zero-order valence-corrected chi connectivity index (χ0v) is 21.7. The highest BCUT2D eigenvalue weighted by molar-refractivity contribution is 5.87. The second kappa shape index (κ2) is 11.9. The third kappa shape index (κ3) is 7.08. The lowest BCUT2D eigenvalue weighted by Gasteiger charge is -2.30. The van der Waals surface area contributed by atoms with E-state index in [1.807, 2.05) is 29.8 Å². The first kappa shape index (κ1) is 26.3. The Kier molecular flexibility index (Phi) is 8.92. The number of carbonyl (C=O) groups excluding carboxylic acids is 2. The van der Waals surface area contributed by atoms with E-state index >= 15 is 0 Å². The van der Waals surface area contributed by atoms with Crippen LogP contribution in [0.3, 0.4) is 0 Å². The second-order valence-electron chi connectivity index (χ2n) is 10.2. The summed E-state index contributed by atoms with van der Waals surface area (Å²) in [7, 11) is 1.86. The van der Waals surface area contributed by atoms with E-state index in [1.54, 1.807) is 12.1 Å². The fraction of sp³-hybridized carbons (Fsp3) is 0.483. The molecule has 186 valence electrons. The molecule has 1 unspecified atom stereocenters. The monoisotopic (exact) mass is 474 g/mol. The van der Waals surface area contributed by atoms with E-state index in [0.717, 1.165) is 36.9 Å². The van der Waals surface area contributed by atoms with Gasteiger partial charge in [-0.15, -0.1) is 0 Å². The van der Waals surface area contributed by atoms with Gasteiger partial charge >= 0.3 is 0 Å². The Labute approximate surface area is 210 Å². The van der Waals surface area contributed by atoms with Crippen molar-refractivity contribution in [1.82, 2.24) is 10.2 Å². The largest absolute Gasteiger partial charge is 0.355 e. The standard InChI is InChI=1S/C29H38N4O2/c1-20(2)8-7-13-31-28(34)18-33(27-17-25(30-5)12-10-22(27)4)19-29(35)32(6)26-15-23-11-9-21(3)14-24(23)16-26/h9-12,14,17,20,26H,7-8,13,15-16,18-19H2,1-4,6H3,(H,31,34). The zero-order valence-electron chi connectivity index (χ0n) is 21.7. The molecule has 0 spiro atoms. The summed E-state index contributed by atoms with van der Waals surface area (Å²) >= 11 is 0. The Balaban J connectivity index is 1.72. The quantitative estimate of drug-likeness (QED) is 0.396. The molecule has 2 aromatic carbocycles. The van der Waals surface area contributed by atoms with E-state index in [-0.39, 0.29) is 30.9 Å². The fourth-order valence-electron chi connectivity index (χ4n) is 4.68. The Morgan fingerprint density at radius 1 is 1.09 bits per heavy atom. The maximum atomic E-state index is 13.4. The van der Waals surface area contributed by atoms with E-state index in [4.69, 9.17) is 6.57 Å². The summed E-state index contributed by atoms with van der Waals surface area (Å²) in [5.74, 6) is 0.460. The molecule has 0 fully saturated rings. The number of fused-ring (bicyclic) bond motifs is 1. The predicted octanol–water partition coefficient (Wildman–Crippen LogP) is 4.84. The van der Waals surface area contributed by atoms with Gasteiger partial charge in [0.15, 0.2) is 5.69 Å². The lowest BCUT2D eigenvalue weighted by Crippen LogP contribution is -2.47. The van der Waals surface area contributed by atoms with Gasteiger partial charge in [-0.3, -0.25) is 9.59 Å². The van der Waals surface area contributed by atoms with Gasteiger partial charge in [-0.05, 0) is 68.2 Å². The molecular weight excluding hydrogens is 436 g/mol. The molecule has 35 heavy (non-hydrogen) atoms. The van der Waals surface area contributed by atoms with Crippen LogP contribution in [0, 0.1) is 26.3 Å². The summed E-state index contributed by atoms with van der Waals surface area (Å²) < 4.78 is 0. The second-order valence-corrected chi connectivity index (χ2v) is 10.2. The third-order valence-electron chi connectivity index (χ3n) is 6.82. The molecule has 0 saturated carbocycles. The number of nitrogens with one attached hydrogen (secondary N) is 1. The highest BCUT2D eigenvalue weighted by Gasteiger charge is 2.29. The van der Waals surface area contributed by atoms with Gasteiger partial charge in [-0.1, -0.05) is 49.7 Å². The van der Waals surface area contributed by atoms with Gasteiger partial charge in [-0.25, -0.2) is 4.85 Å². The van der Waals surface area contributed by atoms with Crippen molar-refractivity contribution in [3.8, 4) is 0 Å². The smallest absolute Gasteiger partial charge is 0.242 e. The average Bonchev–Trinajstić information content (AvgIpc) is 3.24. The summed E-state index contributed by atoms with van der Waals surface area (Å²) in [5, 5.41) is 3.00. The third-order valence-corrected chi connectivity index (χ3v) is 6.82. The number of aryl methyl sites for hydroxylation is 2. The van der Waals surface area contributed by atoms with E-state index < -0.39 is 0 Å². The molecule has 1 aliphatic carbocycles. The van der Waals surface area contributed by atoms with Crippen LogP contribution in [-0.4, -0.2) is 49.4 Å². The number of rotatable bonds is 10. The van der Waals surface area contributed by atoms with Crippen LogP contribution in [0.1, 0.15) is 48.9 Å². The van der Waals surface area contributed by atoms with Crippen LogP contribution in [0.2, 0.25) is 0 Å². The Morgan fingerprint density at radius 2 is 1.83 bits per heavy atom. The van der Waals surface area contributed by atoms with Crippen molar-refractivity contribution in [3.63, 3.8) is 0 Å². The average molecular weight is 475 g/mol. The Hall–Kier alpha value is -3.33. The summed E-state index contributed by atoms with van der Waals surface area (Å²) in [6, 6.07) is 12.0. The maximum Gasteiger partial charge on any atom is 0.242 e. The van der Waals surface area contributed by atoms with Crippen LogP contribution < -0.4 is 10.2 Å². The molecule has 0 saturated heterocycles. The lowest BCUT2D eigenvalue weighted by atomic mass is 10.1. The SMILES string of the molecule is [C-]#[N+]c1ccc(C)c(N(CC(=O)NCCCC(C)C)CC(=O)N(C)C2Cc3ccc(C)cc3C2)c1. The number of anilines is 1. The summed E-state index contributed by atoms with van der Waals surface area (Å²) in [6.45, 7) is 16.6. The van der Waals surface area contributed by atoms with Crippen LogP contribution in [-0.2, 0) is 22.4 Å². The van der Waals surface area contributed by atoms with Crippen molar-refractivity contribution in [2.75, 3.05) is 31.6 Å². The van der Waals surface area contributed by atoms with Crippen LogP contribution in [0.4, 0.5) is 11.4 Å². The minimum Gasteiger partial charge on any atom is -0.355 e. The summed E-state index contributed by atoms with van der Waals surface area (Å²) in [4.78, 5) is 33.4. The lowest BCUT2D eigenvalue weighted by molar-refractivity contribution is -0.130. The number of benzene rings is 2. The van der Waals surface area contributed by atoms with Crippen LogP contribution in [0.5, 0.6) is 0 Å². The van der Waals surface area contributed by atoms with Crippen molar-refractivity contribution in [2.45, 2.75) is 59.4 Å². The van der Waals surface area contributed by atoms with Gasteiger partial charge in [-0.2, -0.15) is 0 Å².